The summed E-state index contributed by atoms with van der Waals surface area (Å²) in [4.78, 5) is 12.6. The van der Waals surface area contributed by atoms with E-state index in [1.54, 1.807) is 6.07 Å². The van der Waals surface area contributed by atoms with Crippen molar-refractivity contribution in [3.63, 3.8) is 0 Å². The van der Waals surface area contributed by atoms with Crippen molar-refractivity contribution in [2.45, 2.75) is 13.5 Å². The number of esters is 1. The molecule has 1 heterocycles. The molecule has 0 fully saturated rings. The lowest BCUT2D eigenvalue weighted by Gasteiger charge is -2.09. The second-order valence-corrected chi connectivity index (χ2v) is 6.35. The lowest BCUT2D eigenvalue weighted by molar-refractivity contribution is 0.0435. The van der Waals surface area contributed by atoms with E-state index >= 15 is 0 Å². The predicted molar refractivity (Wildman–Crippen MR) is 104 cm³/mol. The molecule has 0 atom stereocenters. The van der Waals surface area contributed by atoms with Gasteiger partial charge in [0.05, 0.1) is 7.11 Å². The first-order valence-corrected chi connectivity index (χ1v) is 8.77. The number of hydrogen-bond acceptors (Lipinski definition) is 6. The maximum Gasteiger partial charge on any atom is 0.342 e. The number of nitrogens with zero attached hydrogens (tertiary/aromatic N) is 2. The van der Waals surface area contributed by atoms with E-state index in [2.05, 4.69) is 10.2 Å². The fourth-order valence-electron chi connectivity index (χ4n) is 2.96. The molecular formula is C22H18N2O4. The molecule has 0 unspecified atom stereocenters. The maximum atomic E-state index is 12.6. The van der Waals surface area contributed by atoms with Crippen molar-refractivity contribution in [2.75, 3.05) is 7.11 Å². The summed E-state index contributed by atoms with van der Waals surface area (Å²) < 4.78 is 16.3. The normalized spacial score (nSPS) is 10.8. The number of benzene rings is 3. The van der Waals surface area contributed by atoms with Crippen molar-refractivity contribution >= 4 is 16.7 Å². The summed E-state index contributed by atoms with van der Waals surface area (Å²) >= 11 is 0. The summed E-state index contributed by atoms with van der Waals surface area (Å²) in [7, 11) is 1.52. The Kier molecular flexibility index (Phi) is 4.76. The van der Waals surface area contributed by atoms with Crippen LogP contribution in [0, 0.1) is 6.92 Å². The van der Waals surface area contributed by atoms with Gasteiger partial charge in [-0.3, -0.25) is 0 Å². The molecule has 0 aliphatic heterocycles. The number of fused-ring (bicyclic) bond motifs is 1. The quantitative estimate of drug-likeness (QED) is 0.477. The molecule has 0 saturated carbocycles. The Morgan fingerprint density at radius 1 is 1.00 bits per heavy atom. The standard InChI is InChI=1S/C22H18N2O4/c1-14-6-5-9-17(10-14)21-24-23-20(28-21)13-27-22(25)18-11-15-7-3-4-8-16(15)12-19(18)26-2/h3-12H,13H2,1-2H3. The van der Waals surface area contributed by atoms with Crippen molar-refractivity contribution in [1.29, 1.82) is 0 Å². The van der Waals surface area contributed by atoms with Gasteiger partial charge >= 0.3 is 5.97 Å². The molecule has 3 aromatic carbocycles. The highest BCUT2D eigenvalue weighted by atomic mass is 16.5. The fourth-order valence-corrected chi connectivity index (χ4v) is 2.96. The van der Waals surface area contributed by atoms with Crippen LogP contribution < -0.4 is 4.74 Å². The molecule has 0 spiro atoms. The topological polar surface area (TPSA) is 74.5 Å². The summed E-state index contributed by atoms with van der Waals surface area (Å²) in [6, 6.07) is 19.0. The summed E-state index contributed by atoms with van der Waals surface area (Å²) in [5.74, 6) is 0.551. The highest BCUT2D eigenvalue weighted by Crippen LogP contribution is 2.27. The lowest BCUT2D eigenvalue weighted by Crippen LogP contribution is -2.07. The second kappa shape index (κ2) is 7.52. The van der Waals surface area contributed by atoms with Gasteiger partial charge in [-0.05, 0) is 42.0 Å². The van der Waals surface area contributed by atoms with Crippen LogP contribution in [0.15, 0.2) is 65.1 Å². The van der Waals surface area contributed by atoms with Crippen molar-refractivity contribution in [3.05, 3.63) is 77.7 Å². The summed E-state index contributed by atoms with van der Waals surface area (Å²) in [6.07, 6.45) is 0. The Bertz CT molecular complexity index is 1150. The highest BCUT2D eigenvalue weighted by Gasteiger charge is 2.17. The first kappa shape index (κ1) is 17.7. The van der Waals surface area contributed by atoms with Crippen LogP contribution in [-0.2, 0) is 11.3 Å². The molecule has 4 rings (SSSR count). The monoisotopic (exact) mass is 374 g/mol. The average molecular weight is 374 g/mol. The van der Waals surface area contributed by atoms with Gasteiger partial charge in [-0.15, -0.1) is 10.2 Å². The van der Waals surface area contributed by atoms with Gasteiger partial charge in [-0.25, -0.2) is 4.79 Å². The van der Waals surface area contributed by atoms with Crippen LogP contribution in [0.4, 0.5) is 0 Å². The molecular weight excluding hydrogens is 356 g/mol. The molecule has 0 amide bonds. The van der Waals surface area contributed by atoms with E-state index in [4.69, 9.17) is 13.9 Å². The SMILES string of the molecule is COc1cc2ccccc2cc1C(=O)OCc1nnc(-c2cccc(C)c2)o1. The van der Waals surface area contributed by atoms with Gasteiger partial charge in [0.2, 0.25) is 5.89 Å². The largest absolute Gasteiger partial charge is 0.496 e. The minimum atomic E-state index is -0.516. The Labute approximate surface area is 161 Å². The number of carbonyl (C=O) groups is 1. The van der Waals surface area contributed by atoms with Gasteiger partial charge in [0.15, 0.2) is 6.61 Å². The molecule has 1 aromatic heterocycles. The number of ether oxygens (including phenoxy) is 2. The minimum Gasteiger partial charge on any atom is -0.496 e. The zero-order valence-corrected chi connectivity index (χ0v) is 15.5. The predicted octanol–water partition coefficient (Wildman–Crippen LogP) is 4.56. The summed E-state index contributed by atoms with van der Waals surface area (Å²) in [6.45, 7) is 1.87. The first-order valence-electron chi connectivity index (χ1n) is 8.77. The van der Waals surface area contributed by atoms with Crippen molar-refractivity contribution in [1.82, 2.24) is 10.2 Å². The van der Waals surface area contributed by atoms with Gasteiger partial charge in [0, 0.05) is 5.56 Å². The van der Waals surface area contributed by atoms with Crippen LogP contribution in [0.25, 0.3) is 22.2 Å². The number of methoxy groups -OCH3 is 1. The molecule has 6 heteroatoms. The van der Waals surface area contributed by atoms with Crippen LogP contribution in [0.3, 0.4) is 0 Å². The van der Waals surface area contributed by atoms with Crippen molar-refractivity contribution in [3.8, 4) is 17.2 Å². The third-order valence-corrected chi connectivity index (χ3v) is 4.35. The molecule has 0 radical (unpaired) electrons. The van der Waals surface area contributed by atoms with Gasteiger partial charge in [-0.1, -0.05) is 42.0 Å². The third-order valence-electron chi connectivity index (χ3n) is 4.35. The molecule has 0 aliphatic carbocycles. The third kappa shape index (κ3) is 3.57. The van der Waals surface area contributed by atoms with Crippen molar-refractivity contribution in [2.24, 2.45) is 0 Å². The highest BCUT2D eigenvalue weighted by molar-refractivity contribution is 5.98. The fraction of sp³-hybridized carbons (Fsp3) is 0.136. The molecule has 140 valence electrons. The summed E-state index contributed by atoms with van der Waals surface area (Å²) in [5.41, 5.74) is 2.26. The molecule has 4 aromatic rings. The van der Waals surface area contributed by atoms with Crippen LogP contribution in [0.5, 0.6) is 5.75 Å². The van der Waals surface area contributed by atoms with Gasteiger partial charge in [0.25, 0.3) is 5.89 Å². The smallest absolute Gasteiger partial charge is 0.342 e. The number of aryl methyl sites for hydroxylation is 1. The van der Waals surface area contributed by atoms with E-state index in [0.717, 1.165) is 21.9 Å². The summed E-state index contributed by atoms with van der Waals surface area (Å²) in [5, 5.41) is 9.88. The molecule has 0 saturated heterocycles. The maximum absolute atomic E-state index is 12.6. The second-order valence-electron chi connectivity index (χ2n) is 6.35. The number of rotatable bonds is 5. The minimum absolute atomic E-state index is 0.117. The molecule has 28 heavy (non-hydrogen) atoms. The van der Waals surface area contributed by atoms with Crippen LogP contribution in [-0.4, -0.2) is 23.3 Å². The Hall–Kier alpha value is -3.67. The zero-order valence-electron chi connectivity index (χ0n) is 15.5. The lowest BCUT2D eigenvalue weighted by atomic mass is 10.1. The van der Waals surface area contributed by atoms with E-state index in [-0.39, 0.29) is 12.5 Å². The van der Waals surface area contributed by atoms with E-state index in [0.29, 0.717) is 17.2 Å². The Balaban J connectivity index is 1.51. The van der Waals surface area contributed by atoms with Crippen molar-refractivity contribution < 1.29 is 18.7 Å². The van der Waals surface area contributed by atoms with E-state index < -0.39 is 5.97 Å². The van der Waals surface area contributed by atoms with E-state index in [1.165, 1.54) is 7.11 Å². The van der Waals surface area contributed by atoms with Crippen LogP contribution >= 0.6 is 0 Å². The Morgan fingerprint density at radius 2 is 1.79 bits per heavy atom. The zero-order chi connectivity index (χ0) is 19.5. The number of hydrogen-bond donors (Lipinski definition) is 0. The van der Waals surface area contributed by atoms with Crippen LogP contribution in [0.2, 0.25) is 0 Å². The van der Waals surface area contributed by atoms with E-state index in [9.17, 15) is 4.79 Å². The molecule has 0 bridgehead atoms. The molecule has 0 aliphatic rings. The van der Waals surface area contributed by atoms with E-state index in [1.807, 2.05) is 61.5 Å². The van der Waals surface area contributed by atoms with Gasteiger partial charge < -0.3 is 13.9 Å². The number of aromatic nitrogens is 2. The molecule has 0 N–H and O–H groups in total. The Morgan fingerprint density at radius 3 is 2.54 bits per heavy atom. The van der Waals surface area contributed by atoms with Crippen LogP contribution in [0.1, 0.15) is 21.8 Å². The van der Waals surface area contributed by atoms with Gasteiger partial charge in [-0.2, -0.15) is 0 Å². The number of carbonyl (C=O) groups excluding carboxylic acids is 1. The first-order chi connectivity index (χ1) is 13.6. The molecule has 6 nitrogen and oxygen atoms in total. The average Bonchev–Trinajstić information content (AvgIpc) is 3.20. The van der Waals surface area contributed by atoms with Gasteiger partial charge in [0.1, 0.15) is 11.3 Å².